The van der Waals surface area contributed by atoms with E-state index in [4.69, 9.17) is 4.74 Å². The molecule has 3 heterocycles. The number of hydrogen-bond acceptors (Lipinski definition) is 3. The molecule has 0 aromatic carbocycles. The van der Waals surface area contributed by atoms with Crippen LogP contribution < -0.4 is 0 Å². The van der Waals surface area contributed by atoms with Gasteiger partial charge in [-0.05, 0) is 0 Å². The lowest BCUT2D eigenvalue weighted by atomic mass is 9.83. The van der Waals surface area contributed by atoms with Gasteiger partial charge >= 0.3 is 0 Å². The van der Waals surface area contributed by atoms with Crippen LogP contribution in [0.5, 0.6) is 0 Å². The van der Waals surface area contributed by atoms with Crippen LogP contribution in [0.2, 0.25) is 0 Å². The predicted octanol–water partition coefficient (Wildman–Crippen LogP) is 0.633. The second kappa shape index (κ2) is 4.02. The van der Waals surface area contributed by atoms with Crippen LogP contribution in [0.1, 0.15) is 12.8 Å². The van der Waals surface area contributed by atoms with Crippen LogP contribution in [0.3, 0.4) is 0 Å². The van der Waals surface area contributed by atoms with Crippen molar-refractivity contribution in [2.75, 3.05) is 33.3 Å². The SMILES string of the molecule is CO/C(O)=C\C[N+]12CCC(CC1)C(O)C2. The van der Waals surface area contributed by atoms with E-state index in [0.717, 1.165) is 43.5 Å². The summed E-state index contributed by atoms with van der Waals surface area (Å²) in [6.07, 6.45) is 3.80. The van der Waals surface area contributed by atoms with E-state index in [1.165, 1.54) is 7.11 Å². The van der Waals surface area contributed by atoms with Crippen molar-refractivity contribution in [1.82, 2.24) is 0 Å². The summed E-state index contributed by atoms with van der Waals surface area (Å²) in [5, 5.41) is 19.1. The van der Waals surface area contributed by atoms with E-state index >= 15 is 0 Å². The van der Waals surface area contributed by atoms with Gasteiger partial charge in [0.1, 0.15) is 19.2 Å². The number of quaternary nitrogens is 1. The van der Waals surface area contributed by atoms with Gasteiger partial charge in [-0.15, -0.1) is 0 Å². The van der Waals surface area contributed by atoms with Gasteiger partial charge in [0.2, 0.25) is 0 Å². The first-order valence-corrected chi connectivity index (χ1v) is 5.61. The third kappa shape index (κ3) is 2.11. The van der Waals surface area contributed by atoms with E-state index in [0.29, 0.717) is 5.92 Å². The lowest BCUT2D eigenvalue weighted by molar-refractivity contribution is -0.941. The molecule has 3 fully saturated rings. The minimum Gasteiger partial charge on any atom is -0.481 e. The fourth-order valence-electron chi connectivity index (χ4n) is 2.86. The fourth-order valence-corrected chi connectivity index (χ4v) is 2.86. The van der Waals surface area contributed by atoms with Gasteiger partial charge in [-0.2, -0.15) is 0 Å². The van der Waals surface area contributed by atoms with Gasteiger partial charge in [-0.1, -0.05) is 0 Å². The van der Waals surface area contributed by atoms with E-state index in [-0.39, 0.29) is 12.0 Å². The van der Waals surface area contributed by atoms with Crippen LogP contribution in [0.4, 0.5) is 0 Å². The Balaban J connectivity index is 2.00. The Kier molecular flexibility index (Phi) is 2.89. The predicted molar refractivity (Wildman–Crippen MR) is 56.2 cm³/mol. The number of fused-ring (bicyclic) bond motifs is 3. The van der Waals surface area contributed by atoms with E-state index in [2.05, 4.69) is 0 Å². The van der Waals surface area contributed by atoms with Crippen molar-refractivity contribution in [1.29, 1.82) is 0 Å². The minimum atomic E-state index is -0.148. The summed E-state index contributed by atoms with van der Waals surface area (Å²) in [6.45, 7) is 3.84. The second-order valence-corrected chi connectivity index (χ2v) is 4.81. The first kappa shape index (κ1) is 10.8. The van der Waals surface area contributed by atoms with Crippen LogP contribution in [0.25, 0.3) is 0 Å². The molecule has 0 saturated carbocycles. The Morgan fingerprint density at radius 3 is 2.67 bits per heavy atom. The summed E-state index contributed by atoms with van der Waals surface area (Å²) in [5.74, 6) is 0.509. The Bertz CT molecular complexity index is 257. The highest BCUT2D eigenvalue weighted by molar-refractivity contribution is 4.85. The van der Waals surface area contributed by atoms with E-state index in [1.54, 1.807) is 6.08 Å². The van der Waals surface area contributed by atoms with Crippen LogP contribution in [-0.4, -0.2) is 54.1 Å². The lowest BCUT2D eigenvalue weighted by Crippen LogP contribution is -2.63. The first-order chi connectivity index (χ1) is 7.15. The molecule has 4 nitrogen and oxygen atoms in total. The highest BCUT2D eigenvalue weighted by Crippen LogP contribution is 2.33. The molecule has 0 amide bonds. The second-order valence-electron chi connectivity index (χ2n) is 4.81. The molecule has 3 aliphatic heterocycles. The van der Waals surface area contributed by atoms with Crippen molar-refractivity contribution in [2.24, 2.45) is 5.92 Å². The zero-order valence-corrected chi connectivity index (χ0v) is 9.22. The molecular weight excluding hydrogens is 194 g/mol. The number of methoxy groups -OCH3 is 1. The topological polar surface area (TPSA) is 49.7 Å². The Labute approximate surface area is 90.4 Å². The van der Waals surface area contributed by atoms with Gasteiger partial charge < -0.3 is 19.4 Å². The Hall–Kier alpha value is -0.740. The maximum Gasteiger partial charge on any atom is 0.277 e. The number of ether oxygens (including phenoxy) is 1. The largest absolute Gasteiger partial charge is 0.481 e. The van der Waals surface area contributed by atoms with Gasteiger partial charge in [0, 0.05) is 18.8 Å². The zero-order valence-electron chi connectivity index (χ0n) is 9.22. The van der Waals surface area contributed by atoms with E-state index < -0.39 is 0 Å². The Morgan fingerprint density at radius 2 is 2.13 bits per heavy atom. The van der Waals surface area contributed by atoms with Gasteiger partial charge in [-0.3, -0.25) is 0 Å². The molecular formula is C11H20NO3+. The average molecular weight is 214 g/mol. The van der Waals surface area contributed by atoms with Gasteiger partial charge in [-0.25, -0.2) is 0 Å². The van der Waals surface area contributed by atoms with Gasteiger partial charge in [0.25, 0.3) is 5.95 Å². The van der Waals surface area contributed by atoms with Gasteiger partial charge in [0.05, 0.1) is 26.3 Å². The molecule has 15 heavy (non-hydrogen) atoms. The molecule has 3 saturated heterocycles. The van der Waals surface area contributed by atoms with Crippen molar-refractivity contribution in [3.8, 4) is 0 Å². The molecule has 3 aliphatic rings. The number of nitrogens with zero attached hydrogens (tertiary/aromatic N) is 1. The molecule has 1 atom stereocenters. The number of piperidine rings is 3. The van der Waals surface area contributed by atoms with Crippen molar-refractivity contribution >= 4 is 0 Å². The fraction of sp³-hybridized carbons (Fsp3) is 0.818. The molecule has 86 valence electrons. The monoisotopic (exact) mass is 214 g/mol. The van der Waals surface area contributed by atoms with Crippen LogP contribution in [0, 0.1) is 5.92 Å². The average Bonchev–Trinajstić information content (AvgIpc) is 2.27. The quantitative estimate of drug-likeness (QED) is 0.535. The van der Waals surface area contributed by atoms with Crippen LogP contribution >= 0.6 is 0 Å². The minimum absolute atomic E-state index is 0.00955. The number of aliphatic hydroxyl groups excluding tert-OH is 2. The van der Waals surface area contributed by atoms with Crippen LogP contribution in [-0.2, 0) is 4.74 Å². The first-order valence-electron chi connectivity index (χ1n) is 5.61. The van der Waals surface area contributed by atoms with Crippen molar-refractivity contribution in [2.45, 2.75) is 18.9 Å². The number of hydrogen-bond donors (Lipinski definition) is 2. The Morgan fingerprint density at radius 1 is 1.47 bits per heavy atom. The summed E-state index contributed by atoms with van der Waals surface area (Å²) in [7, 11) is 1.46. The number of rotatable bonds is 3. The van der Waals surface area contributed by atoms with E-state index in [1.807, 2.05) is 0 Å². The highest BCUT2D eigenvalue weighted by atomic mass is 16.6. The molecule has 0 radical (unpaired) electrons. The lowest BCUT2D eigenvalue weighted by Gasteiger charge is -2.50. The molecule has 4 heteroatoms. The number of aliphatic hydroxyl groups is 2. The summed E-state index contributed by atoms with van der Waals surface area (Å²) in [5.41, 5.74) is 0. The molecule has 0 spiro atoms. The molecule has 0 aromatic rings. The molecule has 3 rings (SSSR count). The summed E-state index contributed by atoms with van der Waals surface area (Å²) >= 11 is 0. The third-order valence-corrected chi connectivity index (χ3v) is 3.93. The van der Waals surface area contributed by atoms with Crippen LogP contribution in [0.15, 0.2) is 12.0 Å². The maximum absolute atomic E-state index is 9.86. The standard InChI is InChI=1S/C11H19NO3/c1-15-11(14)4-7-12-5-2-9(3-6-12)10(13)8-12/h4,9-10,13H,2-3,5-8H2,1H3/p+1/b11-4-. The smallest absolute Gasteiger partial charge is 0.277 e. The molecule has 0 aliphatic carbocycles. The van der Waals surface area contributed by atoms with Gasteiger partial charge in [0.15, 0.2) is 0 Å². The van der Waals surface area contributed by atoms with Crippen molar-refractivity contribution < 1.29 is 19.4 Å². The third-order valence-electron chi connectivity index (χ3n) is 3.93. The maximum atomic E-state index is 9.86. The summed E-state index contributed by atoms with van der Waals surface area (Å²) < 4.78 is 5.62. The molecule has 1 unspecified atom stereocenters. The van der Waals surface area contributed by atoms with Crippen molar-refractivity contribution in [3.63, 3.8) is 0 Å². The zero-order chi connectivity index (χ0) is 10.9. The van der Waals surface area contributed by atoms with E-state index in [9.17, 15) is 10.2 Å². The normalized spacial score (nSPS) is 40.5. The molecule has 2 N–H and O–H groups in total. The molecule has 2 bridgehead atoms. The molecule has 0 aromatic heterocycles. The summed E-state index contributed by atoms with van der Waals surface area (Å²) in [6, 6.07) is 0. The summed E-state index contributed by atoms with van der Waals surface area (Å²) in [4.78, 5) is 0. The van der Waals surface area contributed by atoms with Crippen molar-refractivity contribution in [3.05, 3.63) is 12.0 Å². The highest BCUT2D eigenvalue weighted by Gasteiger charge is 2.44.